The second-order valence-electron chi connectivity index (χ2n) is 6.50. The van der Waals surface area contributed by atoms with E-state index in [0.717, 1.165) is 11.1 Å². The van der Waals surface area contributed by atoms with E-state index in [4.69, 9.17) is 9.57 Å². The predicted molar refractivity (Wildman–Crippen MR) is 101 cm³/mol. The summed E-state index contributed by atoms with van der Waals surface area (Å²) < 4.78 is 5.11. The van der Waals surface area contributed by atoms with Gasteiger partial charge in [-0.3, -0.25) is 10.1 Å². The molecule has 28 heavy (non-hydrogen) atoms. The summed E-state index contributed by atoms with van der Waals surface area (Å²) in [6.45, 7) is 3.63. The van der Waals surface area contributed by atoms with Gasteiger partial charge in [-0.05, 0) is 25.5 Å². The number of rotatable bonds is 6. The molecule has 2 aromatic carbocycles. The number of aliphatic hydroxyl groups excluding tert-OH is 1. The summed E-state index contributed by atoms with van der Waals surface area (Å²) >= 11 is 0. The van der Waals surface area contributed by atoms with E-state index in [1.54, 1.807) is 13.0 Å². The monoisotopic (exact) mass is 384 g/mol. The average Bonchev–Trinajstić information content (AvgIpc) is 3.15. The van der Waals surface area contributed by atoms with Crippen LogP contribution in [0.15, 0.2) is 53.7 Å². The van der Waals surface area contributed by atoms with E-state index in [1.165, 1.54) is 18.2 Å². The van der Waals surface area contributed by atoms with Crippen molar-refractivity contribution >= 4 is 17.4 Å². The van der Waals surface area contributed by atoms with Crippen LogP contribution in [0.4, 0.5) is 5.69 Å². The summed E-state index contributed by atoms with van der Waals surface area (Å²) in [6, 6.07) is 13.1. The minimum absolute atomic E-state index is 0.0408. The van der Waals surface area contributed by atoms with Gasteiger partial charge in [0.15, 0.2) is 0 Å². The lowest BCUT2D eigenvalue weighted by atomic mass is 9.84. The van der Waals surface area contributed by atoms with Crippen LogP contribution in [0.2, 0.25) is 0 Å². The van der Waals surface area contributed by atoms with Crippen molar-refractivity contribution in [3.05, 3.63) is 75.3 Å². The fraction of sp³-hybridized carbons (Fsp3) is 0.300. The van der Waals surface area contributed by atoms with Crippen LogP contribution >= 0.6 is 0 Å². The summed E-state index contributed by atoms with van der Waals surface area (Å²) in [4.78, 5) is 28.9. The minimum atomic E-state index is -1.90. The molecule has 0 aliphatic carbocycles. The first-order chi connectivity index (χ1) is 13.4. The maximum absolute atomic E-state index is 12.7. The molecule has 0 unspecified atom stereocenters. The molecule has 0 spiro atoms. The largest absolute Gasteiger partial charge is 0.463 e. The van der Waals surface area contributed by atoms with Crippen molar-refractivity contribution in [2.45, 2.75) is 32.0 Å². The van der Waals surface area contributed by atoms with Crippen LogP contribution in [0, 0.1) is 17.0 Å². The first kappa shape index (κ1) is 19.5. The minimum Gasteiger partial charge on any atom is -0.463 e. The molecule has 146 valence electrons. The lowest BCUT2D eigenvalue weighted by molar-refractivity contribution is -0.386. The van der Waals surface area contributed by atoms with Crippen LogP contribution in [0.1, 0.15) is 36.1 Å². The molecule has 0 bridgehead atoms. The van der Waals surface area contributed by atoms with Gasteiger partial charge in [-0.1, -0.05) is 47.1 Å². The zero-order chi connectivity index (χ0) is 20.3. The molecule has 0 amide bonds. The lowest BCUT2D eigenvalue weighted by Gasteiger charge is -2.29. The van der Waals surface area contributed by atoms with Crippen LogP contribution in [-0.2, 0) is 14.4 Å². The molecule has 1 aliphatic heterocycles. The maximum Gasteiger partial charge on any atom is 0.356 e. The molecule has 0 fully saturated rings. The highest BCUT2D eigenvalue weighted by Crippen LogP contribution is 2.41. The van der Waals surface area contributed by atoms with Crippen molar-refractivity contribution in [2.24, 2.45) is 5.16 Å². The Balaban J connectivity index is 2.00. The van der Waals surface area contributed by atoms with Crippen molar-refractivity contribution in [1.29, 1.82) is 0 Å². The Labute approximate surface area is 161 Å². The van der Waals surface area contributed by atoms with E-state index in [2.05, 4.69) is 5.16 Å². The third-order valence-electron chi connectivity index (χ3n) is 4.62. The number of carbonyl (C=O) groups excluding carboxylic acids is 1. The van der Waals surface area contributed by atoms with Gasteiger partial charge in [0.05, 0.1) is 29.2 Å². The van der Waals surface area contributed by atoms with E-state index >= 15 is 0 Å². The van der Waals surface area contributed by atoms with E-state index in [1.807, 2.05) is 31.2 Å². The lowest BCUT2D eigenvalue weighted by Crippen LogP contribution is -2.46. The molecule has 1 heterocycles. The third-order valence-corrected chi connectivity index (χ3v) is 4.62. The molecule has 3 rings (SSSR count). The highest BCUT2D eigenvalue weighted by molar-refractivity contribution is 6.05. The predicted octanol–water partition coefficient (Wildman–Crippen LogP) is 3.06. The van der Waals surface area contributed by atoms with Crippen LogP contribution in [0.5, 0.6) is 0 Å². The van der Waals surface area contributed by atoms with Gasteiger partial charge in [0.1, 0.15) is 6.10 Å². The van der Waals surface area contributed by atoms with Crippen molar-refractivity contribution in [3.63, 3.8) is 0 Å². The molecule has 8 heteroatoms. The summed E-state index contributed by atoms with van der Waals surface area (Å²) in [5.41, 5.74) is -0.0217. The number of hydrogen-bond acceptors (Lipinski definition) is 7. The summed E-state index contributed by atoms with van der Waals surface area (Å²) in [7, 11) is 0. The van der Waals surface area contributed by atoms with E-state index in [-0.39, 0.29) is 24.3 Å². The zero-order valence-electron chi connectivity index (χ0n) is 15.5. The molecular weight excluding hydrogens is 364 g/mol. The molecule has 8 nitrogen and oxygen atoms in total. The number of benzene rings is 2. The number of aliphatic hydroxyl groups is 1. The van der Waals surface area contributed by atoms with E-state index < -0.39 is 22.6 Å². The molecule has 2 aromatic rings. The molecule has 1 aliphatic rings. The van der Waals surface area contributed by atoms with Crippen LogP contribution < -0.4 is 0 Å². The second-order valence-corrected chi connectivity index (χ2v) is 6.50. The number of nitrogens with zero attached hydrogens (tertiary/aromatic N) is 2. The number of nitro groups is 1. The Morgan fingerprint density at radius 2 is 2.00 bits per heavy atom. The first-order valence-corrected chi connectivity index (χ1v) is 8.79. The molecule has 0 saturated heterocycles. The Kier molecular flexibility index (Phi) is 5.41. The average molecular weight is 384 g/mol. The number of esters is 1. The van der Waals surface area contributed by atoms with Gasteiger partial charge in [-0.2, -0.15) is 0 Å². The summed E-state index contributed by atoms with van der Waals surface area (Å²) in [6.07, 6.45) is -1.72. The quantitative estimate of drug-likeness (QED) is 0.465. The fourth-order valence-electron chi connectivity index (χ4n) is 3.11. The van der Waals surface area contributed by atoms with E-state index in [9.17, 15) is 20.0 Å². The number of oxime groups is 1. The number of para-hydroxylation sites is 1. The Hall–Kier alpha value is -3.26. The molecule has 0 aromatic heterocycles. The van der Waals surface area contributed by atoms with Gasteiger partial charge in [0, 0.05) is 6.07 Å². The van der Waals surface area contributed by atoms with E-state index in [0.29, 0.717) is 5.71 Å². The van der Waals surface area contributed by atoms with Crippen molar-refractivity contribution in [2.75, 3.05) is 6.61 Å². The molecule has 0 saturated carbocycles. The molecule has 1 N–H and O–H groups in total. The summed E-state index contributed by atoms with van der Waals surface area (Å²) in [5.74, 6) is -0.827. The summed E-state index contributed by atoms with van der Waals surface area (Å²) in [5, 5.41) is 26.4. The number of aryl methyl sites for hydroxylation is 1. The fourth-order valence-corrected chi connectivity index (χ4v) is 3.11. The van der Waals surface area contributed by atoms with Crippen molar-refractivity contribution in [3.8, 4) is 0 Å². The highest BCUT2D eigenvalue weighted by Gasteiger charge is 2.56. The Morgan fingerprint density at radius 3 is 2.64 bits per heavy atom. The van der Waals surface area contributed by atoms with Gasteiger partial charge in [-0.15, -0.1) is 0 Å². The van der Waals surface area contributed by atoms with Crippen LogP contribution in [0.25, 0.3) is 0 Å². The highest BCUT2D eigenvalue weighted by atomic mass is 16.7. The number of nitro benzene ring substituents is 1. The first-order valence-electron chi connectivity index (χ1n) is 8.79. The SMILES string of the molecule is CCOC(=O)[C@@]1([C@H](O)c2ccccc2[N+](=O)[O-])CC(c2ccc(C)cc2)=NO1. The zero-order valence-corrected chi connectivity index (χ0v) is 15.5. The number of hydrogen-bond donors (Lipinski definition) is 1. The number of carbonyl (C=O) groups is 1. The van der Waals surface area contributed by atoms with Gasteiger partial charge in [0.2, 0.25) is 0 Å². The van der Waals surface area contributed by atoms with Crippen LogP contribution in [-0.4, -0.2) is 33.9 Å². The van der Waals surface area contributed by atoms with Gasteiger partial charge >= 0.3 is 5.97 Å². The standard InChI is InChI=1S/C20H20N2O6/c1-3-27-19(24)20(18(23)15-6-4-5-7-17(15)22(25)26)12-16(21-28-20)14-10-8-13(2)9-11-14/h4-11,18,23H,3,12H2,1-2H3/t18-,20+/m1/s1. The molecule has 2 atom stereocenters. The topological polar surface area (TPSA) is 111 Å². The van der Waals surface area contributed by atoms with Crippen molar-refractivity contribution in [1.82, 2.24) is 0 Å². The van der Waals surface area contributed by atoms with Gasteiger partial charge < -0.3 is 14.7 Å². The van der Waals surface area contributed by atoms with Crippen molar-refractivity contribution < 1.29 is 24.4 Å². The number of ether oxygens (including phenoxy) is 1. The van der Waals surface area contributed by atoms with Gasteiger partial charge in [0.25, 0.3) is 11.3 Å². The van der Waals surface area contributed by atoms with Crippen LogP contribution in [0.3, 0.4) is 0 Å². The molecule has 0 radical (unpaired) electrons. The Bertz CT molecular complexity index is 925. The smallest absolute Gasteiger partial charge is 0.356 e. The second kappa shape index (κ2) is 7.77. The molecular formula is C20H20N2O6. The third kappa shape index (κ3) is 3.46. The van der Waals surface area contributed by atoms with Gasteiger partial charge in [-0.25, -0.2) is 4.79 Å². The normalized spacial score (nSPS) is 19.5. The maximum atomic E-state index is 12.7. The Morgan fingerprint density at radius 1 is 1.32 bits per heavy atom.